The molecule has 0 amide bonds. The first-order chi connectivity index (χ1) is 4.88. The molecule has 2 radical (unpaired) electrons. The molecule has 1 aromatic rings. The number of benzene rings is 1. The zero-order valence-corrected chi connectivity index (χ0v) is 5.89. The maximum atomic E-state index is 3.13. The van der Waals surface area contributed by atoms with Gasteiger partial charge in [-0.25, -0.2) is 0 Å². The smallest absolute Gasteiger partial charge is 0.0960 e. The molecule has 0 aromatic heterocycles. The molecule has 1 unspecified atom stereocenters. The molecule has 0 bridgehead atoms. The molecule has 1 N–H and O–H groups in total. The van der Waals surface area contributed by atoms with Crippen molar-refractivity contribution in [3.63, 3.8) is 0 Å². The molecule has 1 nitrogen and oxygen atoms in total. The van der Waals surface area contributed by atoms with Crippen molar-refractivity contribution in [2.24, 2.45) is 0 Å². The lowest BCUT2D eigenvalue weighted by Crippen LogP contribution is -1.86. The van der Waals surface area contributed by atoms with Crippen molar-refractivity contribution < 1.29 is 0 Å². The van der Waals surface area contributed by atoms with E-state index in [0.29, 0.717) is 5.92 Å². The van der Waals surface area contributed by atoms with Crippen molar-refractivity contribution in [1.29, 1.82) is 0 Å². The Morgan fingerprint density at radius 1 is 1.40 bits per heavy atom. The largest absolute Gasteiger partial charge is 0.374 e. The number of rotatable bonds is 0. The van der Waals surface area contributed by atoms with Crippen molar-refractivity contribution in [3.05, 3.63) is 36.4 Å². The van der Waals surface area contributed by atoms with E-state index in [1.807, 2.05) is 6.07 Å². The Balaban J connectivity index is 2.51. The normalized spacial score (nSPS) is 21.9. The minimum atomic E-state index is 0.441. The fraction of sp³-hybridized carbons (Fsp3) is 0.222. The van der Waals surface area contributed by atoms with Crippen LogP contribution in [0.25, 0.3) is 0 Å². The van der Waals surface area contributed by atoms with Crippen molar-refractivity contribution in [3.8, 4) is 0 Å². The summed E-state index contributed by atoms with van der Waals surface area (Å²) in [5, 5.41) is 3.10. The lowest BCUT2D eigenvalue weighted by atomic mass is 10.0. The predicted octanol–water partition coefficient (Wildman–Crippen LogP) is 2.25. The van der Waals surface area contributed by atoms with Gasteiger partial charge in [-0.05, 0) is 11.6 Å². The number of nitrogens with one attached hydrogen (secondary N) is 1. The van der Waals surface area contributed by atoms with Crippen molar-refractivity contribution in [2.75, 3.05) is 5.32 Å². The predicted molar refractivity (Wildman–Crippen MR) is 41.7 cm³/mol. The van der Waals surface area contributed by atoms with Crippen LogP contribution in [0.5, 0.6) is 0 Å². The van der Waals surface area contributed by atoms with E-state index in [1.165, 1.54) is 11.3 Å². The molecule has 50 valence electrons. The van der Waals surface area contributed by atoms with Gasteiger partial charge in [0.15, 0.2) is 0 Å². The molecule has 0 spiro atoms. The highest BCUT2D eigenvalue weighted by atomic mass is 14.9. The summed E-state index contributed by atoms with van der Waals surface area (Å²) in [6, 6.07) is 8.30. The molecular weight excluding hydrogens is 122 g/mol. The standard InChI is InChI=1S/C9H9N/c1-7-6-10-9-5-3-2-4-8(7)9/h2-5,7,10H,1H3. The van der Waals surface area contributed by atoms with Crippen molar-refractivity contribution >= 4 is 5.69 Å². The highest BCUT2D eigenvalue weighted by Crippen LogP contribution is 2.32. The Bertz CT molecular complexity index is 242. The average Bonchev–Trinajstić information content (AvgIpc) is 2.34. The summed E-state index contributed by atoms with van der Waals surface area (Å²) in [4.78, 5) is 0. The van der Waals surface area contributed by atoms with Gasteiger partial charge >= 0.3 is 0 Å². The Morgan fingerprint density at radius 2 is 2.20 bits per heavy atom. The second-order valence-corrected chi connectivity index (χ2v) is 2.58. The molecule has 0 saturated heterocycles. The van der Waals surface area contributed by atoms with Gasteiger partial charge in [-0.3, -0.25) is 0 Å². The van der Waals surface area contributed by atoms with Crippen LogP contribution in [0.1, 0.15) is 18.4 Å². The summed E-state index contributed by atoms with van der Waals surface area (Å²) in [5.74, 6) is 0.441. The SMILES string of the molecule is CC1[C]Nc2ccccc21. The van der Waals surface area contributed by atoms with E-state index >= 15 is 0 Å². The number of fused-ring (bicyclic) bond motifs is 1. The zero-order valence-electron chi connectivity index (χ0n) is 5.89. The van der Waals surface area contributed by atoms with Gasteiger partial charge in [0.05, 0.1) is 6.54 Å². The molecule has 1 aromatic carbocycles. The first-order valence-electron chi connectivity index (χ1n) is 3.48. The van der Waals surface area contributed by atoms with Crippen molar-refractivity contribution in [1.82, 2.24) is 0 Å². The highest BCUT2D eigenvalue weighted by molar-refractivity contribution is 5.59. The van der Waals surface area contributed by atoms with E-state index in [1.54, 1.807) is 0 Å². The van der Waals surface area contributed by atoms with Crippen LogP contribution >= 0.6 is 0 Å². The highest BCUT2D eigenvalue weighted by Gasteiger charge is 2.17. The molecule has 0 fully saturated rings. The molecule has 2 rings (SSSR count). The second kappa shape index (κ2) is 2.01. The quantitative estimate of drug-likeness (QED) is 0.569. The third-order valence-corrected chi connectivity index (χ3v) is 1.85. The van der Waals surface area contributed by atoms with Gasteiger partial charge in [0.2, 0.25) is 0 Å². The molecule has 0 aliphatic carbocycles. The van der Waals surface area contributed by atoms with E-state index in [0.717, 1.165) is 0 Å². The molecule has 10 heavy (non-hydrogen) atoms. The Morgan fingerprint density at radius 3 is 3.00 bits per heavy atom. The lowest BCUT2D eigenvalue weighted by Gasteiger charge is -1.98. The van der Waals surface area contributed by atoms with Crippen molar-refractivity contribution in [2.45, 2.75) is 12.8 Å². The molecule has 1 atom stereocenters. The van der Waals surface area contributed by atoms with Gasteiger partial charge < -0.3 is 5.32 Å². The van der Waals surface area contributed by atoms with Crippen LogP contribution in [0.3, 0.4) is 0 Å². The summed E-state index contributed by atoms with van der Waals surface area (Å²) in [5.41, 5.74) is 2.55. The third-order valence-electron chi connectivity index (χ3n) is 1.85. The number of anilines is 1. The number of hydrogen-bond acceptors (Lipinski definition) is 1. The second-order valence-electron chi connectivity index (χ2n) is 2.58. The average molecular weight is 131 g/mol. The topological polar surface area (TPSA) is 12.0 Å². The van der Waals surface area contributed by atoms with Crippen LogP contribution in [0.15, 0.2) is 24.3 Å². The van der Waals surface area contributed by atoms with Crippen LogP contribution < -0.4 is 5.32 Å². The zero-order chi connectivity index (χ0) is 6.97. The summed E-state index contributed by atoms with van der Waals surface area (Å²) in [7, 11) is 0. The number of para-hydroxylation sites is 1. The van der Waals surface area contributed by atoms with Gasteiger partial charge in [-0.2, -0.15) is 0 Å². The summed E-state index contributed by atoms with van der Waals surface area (Å²) in [6.07, 6.45) is 0. The fourth-order valence-electron chi connectivity index (χ4n) is 1.25. The summed E-state index contributed by atoms with van der Waals surface area (Å²) < 4.78 is 0. The summed E-state index contributed by atoms with van der Waals surface area (Å²) in [6.45, 7) is 5.27. The minimum Gasteiger partial charge on any atom is -0.374 e. The maximum absolute atomic E-state index is 3.13. The van der Waals surface area contributed by atoms with E-state index < -0.39 is 0 Å². The van der Waals surface area contributed by atoms with E-state index in [2.05, 4.69) is 37.0 Å². The molecule has 1 heteroatoms. The van der Waals surface area contributed by atoms with Crippen LogP contribution in [0, 0.1) is 6.54 Å². The van der Waals surface area contributed by atoms with Gasteiger partial charge in [-0.15, -0.1) is 0 Å². The van der Waals surface area contributed by atoms with Gasteiger partial charge in [-0.1, -0.05) is 25.1 Å². The van der Waals surface area contributed by atoms with Crippen LogP contribution in [-0.4, -0.2) is 0 Å². The maximum Gasteiger partial charge on any atom is 0.0960 e. The fourth-order valence-corrected chi connectivity index (χ4v) is 1.25. The first kappa shape index (κ1) is 5.78. The third kappa shape index (κ3) is 0.703. The van der Waals surface area contributed by atoms with E-state index in [-0.39, 0.29) is 0 Å². The summed E-state index contributed by atoms with van der Waals surface area (Å²) >= 11 is 0. The Kier molecular flexibility index (Phi) is 1.16. The van der Waals surface area contributed by atoms with Gasteiger partial charge in [0.1, 0.15) is 0 Å². The monoisotopic (exact) mass is 131 g/mol. The molecule has 0 saturated carbocycles. The number of hydrogen-bond donors (Lipinski definition) is 1. The lowest BCUT2D eigenvalue weighted by molar-refractivity contribution is 0.942. The van der Waals surface area contributed by atoms with Crippen LogP contribution in [0.2, 0.25) is 0 Å². The van der Waals surface area contributed by atoms with Crippen LogP contribution in [0.4, 0.5) is 5.69 Å². The molecule has 1 heterocycles. The Hall–Kier alpha value is -0.980. The van der Waals surface area contributed by atoms with E-state index in [4.69, 9.17) is 0 Å². The minimum absolute atomic E-state index is 0.441. The first-order valence-corrected chi connectivity index (χ1v) is 3.48. The van der Waals surface area contributed by atoms with Crippen LogP contribution in [-0.2, 0) is 0 Å². The Labute approximate surface area is 61.1 Å². The molecule has 1 aliphatic heterocycles. The molecular formula is C9H9N. The van der Waals surface area contributed by atoms with Gasteiger partial charge in [0, 0.05) is 11.6 Å². The van der Waals surface area contributed by atoms with Gasteiger partial charge in [0.25, 0.3) is 0 Å². The van der Waals surface area contributed by atoms with E-state index in [9.17, 15) is 0 Å². The molecule has 1 aliphatic rings.